The van der Waals surface area contributed by atoms with Crippen molar-refractivity contribution in [2.24, 2.45) is 15.9 Å². The predicted octanol–water partition coefficient (Wildman–Crippen LogP) is 3.23. The first kappa shape index (κ1) is 25.6. The third-order valence-electron chi connectivity index (χ3n) is 7.37. The van der Waals surface area contributed by atoms with Gasteiger partial charge in [-0.1, -0.05) is 38.5 Å². The lowest BCUT2D eigenvalue weighted by Gasteiger charge is -2.30. The summed E-state index contributed by atoms with van der Waals surface area (Å²) in [5, 5.41) is 10.1. The number of amidine groups is 1. The van der Waals surface area contributed by atoms with Gasteiger partial charge in [0.05, 0.1) is 18.8 Å². The quantitative estimate of drug-likeness (QED) is 0.519. The molecule has 5 rings (SSSR count). The van der Waals surface area contributed by atoms with E-state index in [4.69, 9.17) is 9.98 Å². The van der Waals surface area contributed by atoms with Crippen LogP contribution in [0.1, 0.15) is 45.1 Å². The van der Waals surface area contributed by atoms with Crippen LogP contribution in [-0.2, 0) is 6.54 Å². The van der Waals surface area contributed by atoms with E-state index in [-0.39, 0.29) is 0 Å². The summed E-state index contributed by atoms with van der Waals surface area (Å²) in [5.41, 5.74) is 6.98. The average molecular weight is 504 g/mol. The molecule has 2 N–H and O–H groups in total. The minimum Gasteiger partial charge on any atom is -0.327 e. The number of rotatable bonds is 10. The van der Waals surface area contributed by atoms with Gasteiger partial charge in [0.1, 0.15) is 11.7 Å². The van der Waals surface area contributed by atoms with Crippen LogP contribution in [0.4, 0.5) is 0 Å². The number of para-hydroxylation sites is 1. The van der Waals surface area contributed by atoms with Gasteiger partial charge in [0.15, 0.2) is 0 Å². The Morgan fingerprint density at radius 2 is 1.95 bits per heavy atom. The largest absolute Gasteiger partial charge is 0.327 e. The van der Waals surface area contributed by atoms with E-state index < -0.39 is 0 Å². The third-order valence-corrected chi connectivity index (χ3v) is 7.37. The highest BCUT2D eigenvalue weighted by atomic mass is 15.6. The molecule has 0 bridgehead atoms. The zero-order valence-corrected chi connectivity index (χ0v) is 22.5. The van der Waals surface area contributed by atoms with Gasteiger partial charge >= 0.3 is 0 Å². The molecule has 0 radical (unpaired) electrons. The molecule has 0 spiro atoms. The number of likely N-dealkylation sites (N-methyl/N-ethyl adjacent to an activating group) is 1. The number of hydrazine groups is 1. The Hall–Kier alpha value is -3.01. The molecule has 0 atom stereocenters. The summed E-state index contributed by atoms with van der Waals surface area (Å²) in [7, 11) is 2.19. The minimum atomic E-state index is 0.434. The van der Waals surface area contributed by atoms with Crippen LogP contribution in [0, 0.1) is 5.92 Å². The van der Waals surface area contributed by atoms with Gasteiger partial charge in [-0.3, -0.25) is 4.90 Å². The SMILES string of the molecule is CC(C)C1=C2NC(CN(C)CCCN3CCCCC3)=NC(=NCc3ccccc3-n3cccn3)N2NC1. The first-order chi connectivity index (χ1) is 18.1. The highest BCUT2D eigenvalue weighted by molar-refractivity contribution is 6.01. The van der Waals surface area contributed by atoms with E-state index in [1.165, 1.54) is 50.9 Å². The number of nitrogens with one attached hydrogen (secondary N) is 2. The van der Waals surface area contributed by atoms with Crippen molar-refractivity contribution in [2.45, 2.75) is 46.1 Å². The fraction of sp³-hybridized carbons (Fsp3) is 0.536. The van der Waals surface area contributed by atoms with E-state index in [0.717, 1.165) is 42.5 Å². The van der Waals surface area contributed by atoms with E-state index in [1.807, 2.05) is 28.0 Å². The van der Waals surface area contributed by atoms with E-state index in [1.54, 1.807) is 6.20 Å². The predicted molar refractivity (Wildman–Crippen MR) is 149 cm³/mol. The summed E-state index contributed by atoms with van der Waals surface area (Å²) in [5.74, 6) is 3.17. The van der Waals surface area contributed by atoms with Crippen molar-refractivity contribution in [3.63, 3.8) is 0 Å². The Morgan fingerprint density at radius 3 is 2.73 bits per heavy atom. The van der Waals surface area contributed by atoms with Crippen molar-refractivity contribution >= 4 is 11.8 Å². The lowest BCUT2D eigenvalue weighted by molar-refractivity contribution is 0.215. The van der Waals surface area contributed by atoms with Crippen molar-refractivity contribution in [3.8, 4) is 5.69 Å². The normalized spacial score (nSPS) is 19.6. The Morgan fingerprint density at radius 1 is 1.11 bits per heavy atom. The summed E-state index contributed by atoms with van der Waals surface area (Å²) in [6.45, 7) is 11.3. The molecule has 0 aliphatic carbocycles. The Bertz CT molecular complexity index is 1130. The molecule has 3 aliphatic rings. The topological polar surface area (TPSA) is 76.3 Å². The molecule has 37 heavy (non-hydrogen) atoms. The molecule has 9 nitrogen and oxygen atoms in total. The van der Waals surface area contributed by atoms with Crippen LogP contribution in [-0.4, -0.2) is 82.7 Å². The van der Waals surface area contributed by atoms with Gasteiger partial charge in [-0.15, -0.1) is 0 Å². The van der Waals surface area contributed by atoms with Crippen LogP contribution in [0.3, 0.4) is 0 Å². The molecular formula is C28H41N9. The molecule has 3 aliphatic heterocycles. The van der Waals surface area contributed by atoms with Crippen LogP contribution >= 0.6 is 0 Å². The Balaban J connectivity index is 1.31. The molecule has 1 aromatic carbocycles. The van der Waals surface area contributed by atoms with Gasteiger partial charge in [0.25, 0.3) is 0 Å². The van der Waals surface area contributed by atoms with Crippen molar-refractivity contribution < 1.29 is 0 Å². The van der Waals surface area contributed by atoms with Crippen LogP contribution in [0.2, 0.25) is 0 Å². The number of benzene rings is 1. The monoisotopic (exact) mass is 503 g/mol. The fourth-order valence-electron chi connectivity index (χ4n) is 5.29. The zero-order chi connectivity index (χ0) is 25.6. The van der Waals surface area contributed by atoms with Crippen molar-refractivity contribution in [3.05, 3.63) is 59.7 Å². The second kappa shape index (κ2) is 12.0. The lowest BCUT2D eigenvalue weighted by Crippen LogP contribution is -2.49. The van der Waals surface area contributed by atoms with Crippen molar-refractivity contribution in [1.29, 1.82) is 0 Å². The van der Waals surface area contributed by atoms with Gasteiger partial charge in [-0.2, -0.15) is 10.1 Å². The zero-order valence-electron chi connectivity index (χ0n) is 22.5. The van der Waals surface area contributed by atoms with Crippen molar-refractivity contribution in [1.82, 2.24) is 35.3 Å². The summed E-state index contributed by atoms with van der Waals surface area (Å²) < 4.78 is 1.89. The maximum Gasteiger partial charge on any atom is 0.243 e. The highest BCUT2D eigenvalue weighted by Crippen LogP contribution is 2.24. The molecule has 1 saturated heterocycles. The number of hydrogen-bond donors (Lipinski definition) is 2. The van der Waals surface area contributed by atoms with Crippen LogP contribution in [0.5, 0.6) is 0 Å². The molecule has 0 amide bonds. The summed E-state index contributed by atoms with van der Waals surface area (Å²) in [6, 6.07) is 10.2. The van der Waals surface area contributed by atoms with Crippen LogP contribution < -0.4 is 10.7 Å². The molecule has 1 aromatic heterocycles. The Kier molecular flexibility index (Phi) is 8.33. The standard InChI is InChI=1S/C28H41N9/c1-22(2)24-20-31-37-27(24)32-26(21-34(3)14-10-17-35-15-7-4-8-16-35)33-28(37)29-19-23-11-5-6-12-25(23)36-18-9-13-30-36/h5-6,9,11-13,18,22,31H,4,7-8,10,14-17,19-21H2,1-3H3,(H,29,32,33). The number of piperidine rings is 1. The van der Waals surface area contributed by atoms with Gasteiger partial charge in [-0.05, 0) is 81.7 Å². The lowest BCUT2D eigenvalue weighted by atomic mass is 10.0. The van der Waals surface area contributed by atoms with Crippen molar-refractivity contribution in [2.75, 3.05) is 46.3 Å². The summed E-state index contributed by atoms with van der Waals surface area (Å²) in [6.07, 6.45) is 9.04. The Labute approximate surface area is 220 Å². The molecule has 4 heterocycles. The maximum atomic E-state index is 4.99. The first-order valence-electron chi connectivity index (χ1n) is 13.7. The number of aliphatic imine (C=N–C) groups is 2. The minimum absolute atomic E-state index is 0.434. The van der Waals surface area contributed by atoms with E-state index >= 15 is 0 Å². The van der Waals surface area contributed by atoms with Crippen LogP contribution in [0.15, 0.2) is 64.1 Å². The van der Waals surface area contributed by atoms with E-state index in [0.29, 0.717) is 18.4 Å². The van der Waals surface area contributed by atoms with E-state index in [9.17, 15) is 0 Å². The smallest absolute Gasteiger partial charge is 0.243 e. The van der Waals surface area contributed by atoms with Gasteiger partial charge in [0, 0.05) is 18.9 Å². The number of aromatic nitrogens is 2. The molecule has 0 saturated carbocycles. The van der Waals surface area contributed by atoms with Gasteiger partial charge in [0.2, 0.25) is 5.96 Å². The molecule has 1 fully saturated rings. The fourth-order valence-corrected chi connectivity index (χ4v) is 5.29. The maximum absolute atomic E-state index is 4.99. The van der Waals surface area contributed by atoms with Gasteiger partial charge in [-0.25, -0.2) is 20.1 Å². The molecule has 9 heteroatoms. The second-order valence-corrected chi connectivity index (χ2v) is 10.6. The number of fused-ring (bicyclic) bond motifs is 1. The third kappa shape index (κ3) is 6.29. The number of nitrogens with zero attached hydrogens (tertiary/aromatic N) is 7. The summed E-state index contributed by atoms with van der Waals surface area (Å²) in [4.78, 5) is 14.9. The summed E-state index contributed by atoms with van der Waals surface area (Å²) >= 11 is 0. The first-order valence-corrected chi connectivity index (χ1v) is 13.7. The van der Waals surface area contributed by atoms with E-state index in [2.05, 4.69) is 64.7 Å². The molecule has 0 unspecified atom stereocenters. The average Bonchev–Trinajstić information content (AvgIpc) is 3.59. The number of likely N-dealkylation sites (tertiary alicyclic amines) is 1. The number of hydrogen-bond acceptors (Lipinski definition) is 6. The molecule has 2 aromatic rings. The molecule has 198 valence electrons. The second-order valence-electron chi connectivity index (χ2n) is 10.6. The van der Waals surface area contributed by atoms with Crippen LogP contribution in [0.25, 0.3) is 5.69 Å². The highest BCUT2D eigenvalue weighted by Gasteiger charge is 2.32. The number of guanidine groups is 1. The molecular weight excluding hydrogens is 462 g/mol. The van der Waals surface area contributed by atoms with Gasteiger partial charge < -0.3 is 10.2 Å².